The second-order valence-electron chi connectivity index (χ2n) is 6.46. The number of anilines is 1. The van der Waals surface area contributed by atoms with Crippen LogP contribution in [-0.2, 0) is 10.3 Å². The molecule has 1 atom stereocenters. The summed E-state index contributed by atoms with van der Waals surface area (Å²) >= 11 is 0. The highest BCUT2D eigenvalue weighted by atomic mass is 16.6. The minimum Gasteiger partial charge on any atom is -0.490 e. The molecule has 2 aliphatic heterocycles. The third-order valence-corrected chi connectivity index (χ3v) is 3.85. The van der Waals surface area contributed by atoms with E-state index in [0.29, 0.717) is 18.8 Å². The highest BCUT2D eigenvalue weighted by Crippen LogP contribution is 2.49. The third kappa shape index (κ3) is 1.88. The van der Waals surface area contributed by atoms with Gasteiger partial charge in [0.15, 0.2) is 0 Å². The molecular weight excluding hydrogens is 256 g/mol. The number of hydrogen-bond donors (Lipinski definition) is 1. The van der Waals surface area contributed by atoms with Crippen LogP contribution < -0.4 is 10.5 Å². The van der Waals surface area contributed by atoms with E-state index in [-0.39, 0.29) is 11.6 Å². The molecule has 0 aliphatic carbocycles. The Morgan fingerprint density at radius 1 is 1.45 bits per heavy atom. The van der Waals surface area contributed by atoms with Gasteiger partial charge in [0.1, 0.15) is 23.5 Å². The third-order valence-electron chi connectivity index (χ3n) is 3.85. The summed E-state index contributed by atoms with van der Waals surface area (Å²) in [6.45, 7) is 6.79. The summed E-state index contributed by atoms with van der Waals surface area (Å²) in [5.74, 6) is 0.776. The van der Waals surface area contributed by atoms with E-state index in [9.17, 15) is 4.79 Å². The SMILES string of the molecule is CC(C)(C)OC(=O)N1CC[C@]12COc1cc(N)ccc12. The van der Waals surface area contributed by atoms with Gasteiger partial charge < -0.3 is 15.2 Å². The smallest absolute Gasteiger partial charge is 0.411 e. The van der Waals surface area contributed by atoms with E-state index in [4.69, 9.17) is 15.2 Å². The van der Waals surface area contributed by atoms with E-state index in [1.165, 1.54) is 0 Å². The Labute approximate surface area is 118 Å². The van der Waals surface area contributed by atoms with Crippen molar-refractivity contribution in [2.75, 3.05) is 18.9 Å². The summed E-state index contributed by atoms with van der Waals surface area (Å²) in [5, 5.41) is 0. The van der Waals surface area contributed by atoms with Gasteiger partial charge in [0.05, 0.1) is 0 Å². The molecule has 0 bridgehead atoms. The molecule has 0 saturated carbocycles. The van der Waals surface area contributed by atoms with E-state index in [2.05, 4.69) is 0 Å². The Kier molecular flexibility index (Phi) is 2.64. The van der Waals surface area contributed by atoms with Crippen LogP contribution in [0.15, 0.2) is 18.2 Å². The zero-order valence-electron chi connectivity index (χ0n) is 12.1. The van der Waals surface area contributed by atoms with Gasteiger partial charge >= 0.3 is 6.09 Å². The molecule has 0 unspecified atom stereocenters. The first-order valence-corrected chi connectivity index (χ1v) is 6.85. The Morgan fingerprint density at radius 3 is 2.80 bits per heavy atom. The second kappa shape index (κ2) is 4.04. The lowest BCUT2D eigenvalue weighted by Gasteiger charge is -2.49. The van der Waals surface area contributed by atoms with Gasteiger partial charge in [-0.3, -0.25) is 4.90 Å². The van der Waals surface area contributed by atoms with Gasteiger partial charge in [0.25, 0.3) is 0 Å². The van der Waals surface area contributed by atoms with Crippen molar-refractivity contribution in [1.82, 2.24) is 4.90 Å². The normalized spacial score (nSPS) is 24.1. The average Bonchev–Trinajstić information content (AvgIpc) is 2.65. The maximum atomic E-state index is 12.3. The van der Waals surface area contributed by atoms with Crippen molar-refractivity contribution >= 4 is 11.8 Å². The van der Waals surface area contributed by atoms with Crippen molar-refractivity contribution in [2.45, 2.75) is 38.3 Å². The van der Waals surface area contributed by atoms with Crippen molar-refractivity contribution in [3.05, 3.63) is 23.8 Å². The maximum absolute atomic E-state index is 12.3. The van der Waals surface area contributed by atoms with Crippen LogP contribution in [0.2, 0.25) is 0 Å². The summed E-state index contributed by atoms with van der Waals surface area (Å²) in [4.78, 5) is 14.1. The number of rotatable bonds is 0. The lowest BCUT2D eigenvalue weighted by molar-refractivity contribution is -0.0539. The lowest BCUT2D eigenvalue weighted by Crippen LogP contribution is -2.61. The minimum absolute atomic E-state index is 0.281. The predicted octanol–water partition coefficient (Wildman–Crippen LogP) is 2.50. The van der Waals surface area contributed by atoms with E-state index >= 15 is 0 Å². The number of ether oxygens (including phenoxy) is 2. The minimum atomic E-state index is -0.489. The summed E-state index contributed by atoms with van der Waals surface area (Å²) < 4.78 is 11.2. The van der Waals surface area contributed by atoms with Crippen LogP contribution in [0.1, 0.15) is 32.8 Å². The number of nitrogen functional groups attached to an aromatic ring is 1. The molecule has 2 aliphatic rings. The molecule has 0 radical (unpaired) electrons. The molecule has 0 aromatic heterocycles. The standard InChI is InChI=1S/C15H20N2O3/c1-14(2,3)20-13(18)17-7-6-15(17)9-19-12-8-10(16)4-5-11(12)15/h4-5,8H,6-7,9,16H2,1-3H3/t15-/m1/s1. The van der Waals surface area contributed by atoms with Gasteiger partial charge in [-0.15, -0.1) is 0 Å². The monoisotopic (exact) mass is 276 g/mol. The van der Waals surface area contributed by atoms with E-state index in [1.807, 2.05) is 39.0 Å². The van der Waals surface area contributed by atoms with Crippen LogP contribution in [0.25, 0.3) is 0 Å². The molecule has 2 heterocycles. The molecule has 1 saturated heterocycles. The molecule has 1 amide bonds. The van der Waals surface area contributed by atoms with Crippen molar-refractivity contribution in [3.63, 3.8) is 0 Å². The molecule has 5 nitrogen and oxygen atoms in total. The van der Waals surface area contributed by atoms with Crippen LogP contribution in [0.4, 0.5) is 10.5 Å². The molecule has 108 valence electrons. The van der Waals surface area contributed by atoms with Crippen molar-refractivity contribution in [1.29, 1.82) is 0 Å². The number of nitrogens with two attached hydrogens (primary N) is 1. The van der Waals surface area contributed by atoms with Crippen LogP contribution in [-0.4, -0.2) is 29.7 Å². The Bertz CT molecular complexity index is 565. The number of carbonyl (C=O) groups is 1. The zero-order chi connectivity index (χ0) is 14.5. The van der Waals surface area contributed by atoms with Crippen molar-refractivity contribution in [2.24, 2.45) is 0 Å². The van der Waals surface area contributed by atoms with E-state index in [0.717, 1.165) is 17.7 Å². The van der Waals surface area contributed by atoms with Gasteiger partial charge in [0.2, 0.25) is 0 Å². The van der Waals surface area contributed by atoms with Gasteiger partial charge in [-0.05, 0) is 33.3 Å². The molecule has 5 heteroatoms. The molecule has 1 aromatic carbocycles. The predicted molar refractivity (Wildman–Crippen MR) is 75.6 cm³/mol. The fourth-order valence-electron chi connectivity index (χ4n) is 2.82. The second-order valence-corrected chi connectivity index (χ2v) is 6.46. The lowest BCUT2D eigenvalue weighted by atomic mass is 9.80. The summed E-state index contributed by atoms with van der Waals surface area (Å²) in [7, 11) is 0. The van der Waals surface area contributed by atoms with Gasteiger partial charge in [-0.25, -0.2) is 4.79 Å². The molecular formula is C15H20N2O3. The van der Waals surface area contributed by atoms with Gasteiger partial charge in [-0.2, -0.15) is 0 Å². The Hall–Kier alpha value is -1.91. The van der Waals surface area contributed by atoms with Crippen molar-refractivity contribution < 1.29 is 14.3 Å². The molecule has 2 N–H and O–H groups in total. The quantitative estimate of drug-likeness (QED) is 0.739. The number of nitrogens with zero attached hydrogens (tertiary/aromatic N) is 1. The average molecular weight is 276 g/mol. The van der Waals surface area contributed by atoms with Crippen LogP contribution in [0.5, 0.6) is 5.75 Å². The van der Waals surface area contributed by atoms with Gasteiger partial charge in [-0.1, -0.05) is 6.07 Å². The van der Waals surface area contributed by atoms with Crippen molar-refractivity contribution in [3.8, 4) is 5.75 Å². The molecule has 1 fully saturated rings. The number of carbonyl (C=O) groups excluding carboxylic acids is 1. The first-order valence-electron chi connectivity index (χ1n) is 6.85. The number of likely N-dealkylation sites (tertiary alicyclic amines) is 1. The van der Waals surface area contributed by atoms with Crippen LogP contribution in [0.3, 0.4) is 0 Å². The summed E-state index contributed by atoms with van der Waals surface area (Å²) in [6, 6.07) is 5.62. The highest BCUT2D eigenvalue weighted by molar-refractivity contribution is 5.72. The molecule has 3 rings (SSSR count). The fraction of sp³-hybridized carbons (Fsp3) is 0.533. The summed E-state index contributed by atoms with van der Waals surface area (Å²) in [5.41, 5.74) is 6.61. The zero-order valence-corrected chi connectivity index (χ0v) is 12.1. The molecule has 20 heavy (non-hydrogen) atoms. The van der Waals surface area contributed by atoms with Crippen LogP contribution >= 0.6 is 0 Å². The number of fused-ring (bicyclic) bond motifs is 2. The Balaban J connectivity index is 1.87. The topological polar surface area (TPSA) is 64.8 Å². The highest BCUT2D eigenvalue weighted by Gasteiger charge is 2.55. The Morgan fingerprint density at radius 2 is 2.20 bits per heavy atom. The molecule has 1 aromatic rings. The fourth-order valence-corrected chi connectivity index (χ4v) is 2.82. The first kappa shape index (κ1) is 13.1. The summed E-state index contributed by atoms with van der Waals surface area (Å²) in [6.07, 6.45) is 0.611. The number of hydrogen-bond acceptors (Lipinski definition) is 4. The van der Waals surface area contributed by atoms with E-state index in [1.54, 1.807) is 4.90 Å². The maximum Gasteiger partial charge on any atom is 0.411 e. The van der Waals surface area contributed by atoms with Gasteiger partial charge in [0, 0.05) is 23.9 Å². The largest absolute Gasteiger partial charge is 0.490 e. The first-order chi connectivity index (χ1) is 9.32. The van der Waals surface area contributed by atoms with E-state index < -0.39 is 5.60 Å². The number of benzene rings is 1. The molecule has 1 spiro atoms. The number of amides is 1. The van der Waals surface area contributed by atoms with Crippen LogP contribution in [0, 0.1) is 0 Å².